The summed E-state index contributed by atoms with van der Waals surface area (Å²) in [6, 6.07) is 3.55. The zero-order valence-corrected chi connectivity index (χ0v) is 13.4. The van der Waals surface area contributed by atoms with Crippen molar-refractivity contribution in [3.05, 3.63) is 28.2 Å². The molecule has 0 aliphatic heterocycles. The third-order valence-electron chi connectivity index (χ3n) is 2.88. The maximum atomic E-state index is 10.5. The van der Waals surface area contributed by atoms with Gasteiger partial charge in [0, 0.05) is 6.08 Å². The van der Waals surface area contributed by atoms with Gasteiger partial charge in [-0.2, -0.15) is 0 Å². The number of rotatable bonds is 7. The summed E-state index contributed by atoms with van der Waals surface area (Å²) in [6.45, 7) is 4.83. The van der Waals surface area contributed by atoms with E-state index in [2.05, 4.69) is 29.8 Å². The largest absolute Gasteiger partial charge is 0.493 e. The Morgan fingerprint density at radius 3 is 2.75 bits per heavy atom. The SMILES string of the molecule is CCC(C)COc1c(Br)cc(C=CC(=O)O)cc1OC. The van der Waals surface area contributed by atoms with Crippen LogP contribution in [-0.2, 0) is 4.79 Å². The Morgan fingerprint density at radius 1 is 1.50 bits per heavy atom. The van der Waals surface area contributed by atoms with Gasteiger partial charge in [-0.15, -0.1) is 0 Å². The molecule has 0 fully saturated rings. The molecule has 0 aromatic heterocycles. The van der Waals surface area contributed by atoms with E-state index < -0.39 is 5.97 Å². The standard InChI is InChI=1S/C15H19BrO4/c1-4-10(2)9-20-15-12(16)7-11(5-6-14(17)18)8-13(15)19-3/h5-8,10H,4,9H2,1-3H3,(H,17,18). The van der Waals surface area contributed by atoms with Crippen LogP contribution in [0.15, 0.2) is 22.7 Å². The molecule has 0 amide bonds. The van der Waals surface area contributed by atoms with E-state index in [4.69, 9.17) is 14.6 Å². The average molecular weight is 343 g/mol. The number of benzene rings is 1. The third kappa shape index (κ3) is 4.89. The van der Waals surface area contributed by atoms with Crippen molar-refractivity contribution >= 4 is 28.0 Å². The smallest absolute Gasteiger partial charge is 0.328 e. The first-order chi connectivity index (χ1) is 9.47. The van der Waals surface area contributed by atoms with Gasteiger partial charge in [0.1, 0.15) is 0 Å². The molecule has 1 unspecified atom stereocenters. The van der Waals surface area contributed by atoms with E-state index in [1.54, 1.807) is 19.2 Å². The molecule has 110 valence electrons. The number of carboxylic acid groups (broad SMARTS) is 1. The van der Waals surface area contributed by atoms with Gasteiger partial charge >= 0.3 is 5.97 Å². The van der Waals surface area contributed by atoms with Crippen LogP contribution in [-0.4, -0.2) is 24.8 Å². The third-order valence-corrected chi connectivity index (χ3v) is 3.47. The number of ether oxygens (including phenoxy) is 2. The van der Waals surface area contributed by atoms with Gasteiger partial charge in [-0.3, -0.25) is 0 Å². The first-order valence-electron chi connectivity index (χ1n) is 6.39. The van der Waals surface area contributed by atoms with Crippen LogP contribution in [0, 0.1) is 5.92 Å². The second-order valence-corrected chi connectivity index (χ2v) is 5.38. The van der Waals surface area contributed by atoms with Crippen LogP contribution in [0.4, 0.5) is 0 Å². The Balaban J connectivity index is 2.98. The highest BCUT2D eigenvalue weighted by Crippen LogP contribution is 2.37. The van der Waals surface area contributed by atoms with Crippen LogP contribution in [0.2, 0.25) is 0 Å². The summed E-state index contributed by atoms with van der Waals surface area (Å²) in [6.07, 6.45) is 3.63. The summed E-state index contributed by atoms with van der Waals surface area (Å²) in [5.74, 6) is 0.684. The molecule has 0 aliphatic carbocycles. The van der Waals surface area contributed by atoms with E-state index in [9.17, 15) is 4.79 Å². The lowest BCUT2D eigenvalue weighted by Crippen LogP contribution is -2.08. The van der Waals surface area contributed by atoms with Gasteiger partial charge in [-0.25, -0.2) is 4.79 Å². The molecule has 1 rings (SSSR count). The fraction of sp³-hybridized carbons (Fsp3) is 0.400. The van der Waals surface area contributed by atoms with E-state index in [1.165, 1.54) is 6.08 Å². The molecule has 0 saturated heterocycles. The Morgan fingerprint density at radius 2 is 2.20 bits per heavy atom. The number of aliphatic carboxylic acids is 1. The fourth-order valence-corrected chi connectivity index (χ4v) is 2.06. The fourth-order valence-electron chi connectivity index (χ4n) is 1.49. The quantitative estimate of drug-likeness (QED) is 0.761. The molecule has 0 saturated carbocycles. The molecule has 0 bridgehead atoms. The molecule has 20 heavy (non-hydrogen) atoms. The average Bonchev–Trinajstić information content (AvgIpc) is 2.42. The molecular weight excluding hydrogens is 324 g/mol. The molecule has 1 N–H and O–H groups in total. The van der Waals surface area contributed by atoms with Crippen LogP contribution in [0.25, 0.3) is 6.08 Å². The number of methoxy groups -OCH3 is 1. The van der Waals surface area contributed by atoms with E-state index in [0.717, 1.165) is 22.5 Å². The van der Waals surface area contributed by atoms with Gasteiger partial charge in [0.05, 0.1) is 18.2 Å². The van der Waals surface area contributed by atoms with Crippen molar-refractivity contribution in [1.82, 2.24) is 0 Å². The number of halogens is 1. The van der Waals surface area contributed by atoms with E-state index in [0.29, 0.717) is 24.0 Å². The Labute approximate surface area is 127 Å². The van der Waals surface area contributed by atoms with Gasteiger partial charge in [-0.1, -0.05) is 20.3 Å². The lowest BCUT2D eigenvalue weighted by molar-refractivity contribution is -0.131. The van der Waals surface area contributed by atoms with E-state index in [1.807, 2.05) is 0 Å². The summed E-state index contributed by atoms with van der Waals surface area (Å²) in [5.41, 5.74) is 0.729. The first kappa shape index (κ1) is 16.6. The first-order valence-corrected chi connectivity index (χ1v) is 7.18. The van der Waals surface area contributed by atoms with Gasteiger partial charge in [-0.05, 0) is 45.6 Å². The minimum absolute atomic E-state index is 0.457. The second kappa shape index (κ2) is 7.94. The van der Waals surface area contributed by atoms with E-state index in [-0.39, 0.29) is 0 Å². The minimum atomic E-state index is -0.989. The highest BCUT2D eigenvalue weighted by atomic mass is 79.9. The van der Waals surface area contributed by atoms with Gasteiger partial charge < -0.3 is 14.6 Å². The van der Waals surface area contributed by atoms with Crippen LogP contribution >= 0.6 is 15.9 Å². The van der Waals surface area contributed by atoms with Crippen LogP contribution in [0.1, 0.15) is 25.8 Å². The normalized spacial score (nSPS) is 12.4. The Bertz CT molecular complexity index is 497. The minimum Gasteiger partial charge on any atom is -0.493 e. The number of hydrogen-bond donors (Lipinski definition) is 1. The topological polar surface area (TPSA) is 55.8 Å². The summed E-state index contributed by atoms with van der Waals surface area (Å²) < 4.78 is 11.8. The van der Waals surface area contributed by atoms with Crippen molar-refractivity contribution in [2.45, 2.75) is 20.3 Å². The van der Waals surface area contributed by atoms with Crippen molar-refractivity contribution < 1.29 is 19.4 Å². The van der Waals surface area contributed by atoms with Gasteiger partial charge in [0.2, 0.25) is 0 Å². The maximum absolute atomic E-state index is 10.5. The van der Waals surface area contributed by atoms with Gasteiger partial charge in [0.25, 0.3) is 0 Å². The van der Waals surface area contributed by atoms with Crippen LogP contribution in [0.5, 0.6) is 11.5 Å². The molecule has 0 aliphatic rings. The second-order valence-electron chi connectivity index (χ2n) is 4.53. The number of carboxylic acids is 1. The lowest BCUT2D eigenvalue weighted by atomic mass is 10.1. The zero-order chi connectivity index (χ0) is 15.1. The Hall–Kier alpha value is -1.49. The number of hydrogen-bond acceptors (Lipinski definition) is 3. The molecule has 1 atom stereocenters. The van der Waals surface area contributed by atoms with Gasteiger partial charge in [0.15, 0.2) is 11.5 Å². The molecule has 1 aromatic rings. The summed E-state index contributed by atoms with van der Waals surface area (Å²) in [7, 11) is 1.56. The summed E-state index contributed by atoms with van der Waals surface area (Å²) >= 11 is 3.43. The van der Waals surface area contributed by atoms with E-state index >= 15 is 0 Å². The van der Waals surface area contributed by atoms with Crippen molar-refractivity contribution in [2.75, 3.05) is 13.7 Å². The molecule has 0 heterocycles. The van der Waals surface area contributed by atoms with Crippen LogP contribution in [0.3, 0.4) is 0 Å². The predicted octanol–water partition coefficient (Wildman–Crippen LogP) is 3.98. The molecular formula is C15H19BrO4. The summed E-state index contributed by atoms with van der Waals surface area (Å²) in [4.78, 5) is 10.5. The van der Waals surface area contributed by atoms with Crippen molar-refractivity contribution in [1.29, 1.82) is 0 Å². The van der Waals surface area contributed by atoms with Crippen molar-refractivity contribution in [3.63, 3.8) is 0 Å². The zero-order valence-electron chi connectivity index (χ0n) is 11.9. The van der Waals surface area contributed by atoms with Crippen molar-refractivity contribution in [3.8, 4) is 11.5 Å². The number of carbonyl (C=O) groups is 1. The lowest BCUT2D eigenvalue weighted by Gasteiger charge is -2.16. The molecule has 5 heteroatoms. The molecule has 4 nitrogen and oxygen atoms in total. The predicted molar refractivity (Wildman–Crippen MR) is 82.3 cm³/mol. The summed E-state index contributed by atoms with van der Waals surface area (Å²) in [5, 5.41) is 8.64. The maximum Gasteiger partial charge on any atom is 0.328 e. The molecule has 0 radical (unpaired) electrons. The molecule has 0 spiro atoms. The Kier molecular flexibility index (Phi) is 6.58. The molecule has 1 aromatic carbocycles. The monoisotopic (exact) mass is 342 g/mol. The highest BCUT2D eigenvalue weighted by Gasteiger charge is 2.12. The van der Waals surface area contributed by atoms with Crippen LogP contribution < -0.4 is 9.47 Å². The van der Waals surface area contributed by atoms with Crippen molar-refractivity contribution in [2.24, 2.45) is 5.92 Å². The highest BCUT2D eigenvalue weighted by molar-refractivity contribution is 9.10.